The lowest BCUT2D eigenvalue weighted by atomic mass is 9.86. The summed E-state index contributed by atoms with van der Waals surface area (Å²) < 4.78 is 34.3. The minimum Gasteiger partial charge on any atom is -0.378 e. The third kappa shape index (κ3) is 3.60. The molecule has 1 unspecified atom stereocenters. The second-order valence-corrected chi connectivity index (χ2v) is 7.45. The highest BCUT2D eigenvalue weighted by Crippen LogP contribution is 2.41. The first-order valence-electron chi connectivity index (χ1n) is 9.59. The number of ether oxygens (including phenoxy) is 1. The van der Waals surface area contributed by atoms with Gasteiger partial charge in [0.25, 0.3) is 0 Å². The molecule has 1 aliphatic heterocycles. The van der Waals surface area contributed by atoms with Crippen molar-refractivity contribution < 1.29 is 18.3 Å². The lowest BCUT2D eigenvalue weighted by Crippen LogP contribution is -2.36. The largest absolute Gasteiger partial charge is 0.378 e. The average Bonchev–Trinajstić information content (AvgIpc) is 2.73. The summed E-state index contributed by atoms with van der Waals surface area (Å²) in [4.78, 5) is 18.3. The molecule has 0 bridgehead atoms. The van der Waals surface area contributed by atoms with Gasteiger partial charge in [0.15, 0.2) is 12.0 Å². The molecule has 2 aromatic carbocycles. The molecule has 0 saturated carbocycles. The summed E-state index contributed by atoms with van der Waals surface area (Å²) in [5, 5.41) is 0.729. The van der Waals surface area contributed by atoms with Crippen LogP contribution < -0.4 is 4.90 Å². The van der Waals surface area contributed by atoms with Gasteiger partial charge in [-0.1, -0.05) is 12.1 Å². The highest BCUT2D eigenvalue weighted by Gasteiger charge is 2.32. The van der Waals surface area contributed by atoms with Gasteiger partial charge in [-0.05, 0) is 55.3 Å². The molecule has 0 N–H and O–H groups in total. The smallest absolute Gasteiger partial charge is 0.190 e. The van der Waals surface area contributed by atoms with E-state index < -0.39 is 5.67 Å². The Balaban J connectivity index is 2.02. The second kappa shape index (κ2) is 7.52. The van der Waals surface area contributed by atoms with Crippen LogP contribution in [0.1, 0.15) is 18.2 Å². The molecule has 6 heteroatoms. The highest BCUT2D eigenvalue weighted by molar-refractivity contribution is 6.00. The van der Waals surface area contributed by atoms with Crippen molar-refractivity contribution in [1.82, 2.24) is 4.98 Å². The molecule has 4 rings (SSSR count). The van der Waals surface area contributed by atoms with Gasteiger partial charge in [0, 0.05) is 35.4 Å². The first kappa shape index (κ1) is 19.5. The number of morpholine rings is 1. The molecule has 29 heavy (non-hydrogen) atoms. The van der Waals surface area contributed by atoms with Gasteiger partial charge >= 0.3 is 0 Å². The molecule has 0 amide bonds. The maximum absolute atomic E-state index is 15.3. The summed E-state index contributed by atoms with van der Waals surface area (Å²) in [7, 11) is 0. The van der Waals surface area contributed by atoms with Crippen LogP contribution in [0.5, 0.6) is 0 Å². The van der Waals surface area contributed by atoms with Gasteiger partial charge in [0.1, 0.15) is 5.82 Å². The van der Waals surface area contributed by atoms with Gasteiger partial charge < -0.3 is 9.64 Å². The van der Waals surface area contributed by atoms with Crippen LogP contribution in [-0.2, 0) is 15.2 Å². The van der Waals surface area contributed by atoms with Crippen molar-refractivity contribution in [3.05, 3.63) is 59.5 Å². The zero-order valence-electron chi connectivity index (χ0n) is 16.4. The van der Waals surface area contributed by atoms with Crippen LogP contribution in [-0.4, -0.2) is 37.6 Å². The lowest BCUT2D eigenvalue weighted by molar-refractivity contribution is -0.117. The number of anilines is 1. The lowest BCUT2D eigenvalue weighted by Gasteiger charge is -2.29. The molecule has 1 aromatic heterocycles. The first-order chi connectivity index (χ1) is 13.9. The molecular weight excluding hydrogens is 374 g/mol. The number of hydrogen-bond acceptors (Lipinski definition) is 4. The molecule has 1 fully saturated rings. The van der Waals surface area contributed by atoms with Crippen molar-refractivity contribution in [2.24, 2.45) is 0 Å². The fraction of sp³-hybridized carbons (Fsp3) is 0.304. The number of aldehydes is 1. The van der Waals surface area contributed by atoms with Gasteiger partial charge in [-0.25, -0.2) is 8.78 Å². The van der Waals surface area contributed by atoms with Gasteiger partial charge in [0.05, 0.1) is 18.7 Å². The average molecular weight is 396 g/mol. The van der Waals surface area contributed by atoms with Crippen molar-refractivity contribution >= 4 is 22.9 Å². The minimum absolute atomic E-state index is 0.214. The first-order valence-corrected chi connectivity index (χ1v) is 9.59. The van der Waals surface area contributed by atoms with Crippen LogP contribution in [0.15, 0.2) is 42.5 Å². The summed E-state index contributed by atoms with van der Waals surface area (Å²) in [6.45, 7) is 5.74. The maximum Gasteiger partial charge on any atom is 0.190 e. The molecule has 1 atom stereocenters. The fourth-order valence-electron chi connectivity index (χ4n) is 3.97. The predicted octanol–water partition coefficient (Wildman–Crippen LogP) is 4.57. The summed E-state index contributed by atoms with van der Waals surface area (Å²) >= 11 is 0. The summed E-state index contributed by atoms with van der Waals surface area (Å²) in [6, 6.07) is 11.7. The van der Waals surface area contributed by atoms with Gasteiger partial charge in [-0.2, -0.15) is 0 Å². The number of carbonyl (C=O) groups is 1. The summed E-state index contributed by atoms with van der Waals surface area (Å²) in [6.07, 6.45) is 0.293. The third-order valence-electron chi connectivity index (χ3n) is 5.37. The van der Waals surface area contributed by atoms with E-state index in [0.717, 1.165) is 24.2 Å². The maximum atomic E-state index is 15.3. The Bertz CT molecular complexity index is 1060. The number of alkyl halides is 1. The van der Waals surface area contributed by atoms with Crippen molar-refractivity contribution in [1.29, 1.82) is 0 Å². The van der Waals surface area contributed by atoms with Gasteiger partial charge in [-0.15, -0.1) is 0 Å². The van der Waals surface area contributed by atoms with E-state index in [4.69, 9.17) is 4.74 Å². The standard InChI is InChI=1S/C23H22F2N2O2/c1-15-22(23(2,25)14-28)21(16-3-5-17(24)6-4-16)19-13-18(7-8-20(19)26-15)27-9-11-29-12-10-27/h3-8,13-14H,9-12H2,1-2H3. The number of pyridine rings is 1. The van der Waals surface area contributed by atoms with Crippen LogP contribution in [0.3, 0.4) is 0 Å². The Kier molecular flexibility index (Phi) is 5.04. The van der Waals surface area contributed by atoms with E-state index in [9.17, 15) is 9.18 Å². The van der Waals surface area contributed by atoms with E-state index in [-0.39, 0.29) is 11.4 Å². The van der Waals surface area contributed by atoms with E-state index in [2.05, 4.69) is 9.88 Å². The number of carbonyl (C=O) groups excluding carboxylic acids is 1. The number of aromatic nitrogens is 1. The minimum atomic E-state index is -2.22. The van der Waals surface area contributed by atoms with Crippen molar-refractivity contribution in [3.63, 3.8) is 0 Å². The number of nitrogens with zero attached hydrogens (tertiary/aromatic N) is 2. The highest BCUT2D eigenvalue weighted by atomic mass is 19.1. The summed E-state index contributed by atoms with van der Waals surface area (Å²) in [5.74, 6) is -0.377. The van der Waals surface area contributed by atoms with Gasteiger partial charge in [0.2, 0.25) is 0 Å². The molecule has 0 radical (unpaired) electrons. The Morgan fingerprint density at radius 1 is 1.14 bits per heavy atom. The molecular formula is C23H22F2N2O2. The number of halogens is 2. The number of aryl methyl sites for hydroxylation is 1. The van der Waals surface area contributed by atoms with Crippen LogP contribution in [0.4, 0.5) is 14.5 Å². The number of hydrogen-bond donors (Lipinski definition) is 0. The molecule has 0 spiro atoms. The molecule has 2 heterocycles. The molecule has 1 aliphatic rings. The monoisotopic (exact) mass is 396 g/mol. The second-order valence-electron chi connectivity index (χ2n) is 7.45. The van der Waals surface area contributed by atoms with Crippen LogP contribution in [0.2, 0.25) is 0 Å². The SMILES string of the molecule is Cc1nc2ccc(N3CCOCC3)cc2c(-c2ccc(F)cc2)c1C(C)(F)C=O. The van der Waals surface area contributed by atoms with E-state index in [0.29, 0.717) is 41.8 Å². The Labute approximate surface area is 168 Å². The van der Waals surface area contributed by atoms with Gasteiger partial charge in [-0.3, -0.25) is 9.78 Å². The topological polar surface area (TPSA) is 42.4 Å². The third-order valence-corrected chi connectivity index (χ3v) is 5.37. The van der Waals surface area contributed by atoms with E-state index in [1.165, 1.54) is 19.1 Å². The molecule has 0 aliphatic carbocycles. The Hall–Kier alpha value is -2.86. The van der Waals surface area contributed by atoms with Crippen molar-refractivity contribution in [3.8, 4) is 11.1 Å². The van der Waals surface area contributed by atoms with Crippen molar-refractivity contribution in [2.45, 2.75) is 19.5 Å². The molecule has 150 valence electrons. The molecule has 3 aromatic rings. The Morgan fingerprint density at radius 3 is 2.48 bits per heavy atom. The zero-order valence-corrected chi connectivity index (χ0v) is 16.4. The number of rotatable bonds is 4. The predicted molar refractivity (Wildman–Crippen MR) is 109 cm³/mol. The van der Waals surface area contributed by atoms with Crippen molar-refractivity contribution in [2.75, 3.05) is 31.2 Å². The normalized spacial score (nSPS) is 16.6. The van der Waals surface area contributed by atoms with Crippen LogP contribution >= 0.6 is 0 Å². The number of benzene rings is 2. The summed E-state index contributed by atoms with van der Waals surface area (Å²) in [5.41, 5.74) is 1.32. The van der Waals surface area contributed by atoms with E-state index in [1.807, 2.05) is 18.2 Å². The van der Waals surface area contributed by atoms with Crippen LogP contribution in [0.25, 0.3) is 22.0 Å². The number of fused-ring (bicyclic) bond motifs is 1. The molecule has 4 nitrogen and oxygen atoms in total. The quantitative estimate of drug-likeness (QED) is 0.606. The molecule has 1 saturated heterocycles. The van der Waals surface area contributed by atoms with E-state index >= 15 is 4.39 Å². The van der Waals surface area contributed by atoms with Crippen LogP contribution in [0, 0.1) is 12.7 Å². The Morgan fingerprint density at radius 2 is 1.83 bits per heavy atom. The zero-order chi connectivity index (χ0) is 20.6. The fourth-order valence-corrected chi connectivity index (χ4v) is 3.97. The van der Waals surface area contributed by atoms with E-state index in [1.54, 1.807) is 19.1 Å².